The number of pyridine rings is 2. The van der Waals surface area contributed by atoms with Crippen LogP contribution in [0.3, 0.4) is 0 Å². The second-order valence-corrected chi connectivity index (χ2v) is 11.6. The monoisotopic (exact) mass is 688 g/mol. The molecule has 292 valence electrons. The van der Waals surface area contributed by atoms with E-state index < -0.39 is 0 Å². The third kappa shape index (κ3) is 72.5. The molecular formula is C46H93N3. The highest BCUT2D eigenvalue weighted by Gasteiger charge is 1.90. The van der Waals surface area contributed by atoms with Crippen molar-refractivity contribution in [2.24, 2.45) is 23.5 Å². The molecule has 3 rings (SSSR count). The zero-order chi connectivity index (χ0) is 39.6. The van der Waals surface area contributed by atoms with Crippen LogP contribution in [0.2, 0.25) is 0 Å². The van der Waals surface area contributed by atoms with Gasteiger partial charge in [-0.15, -0.1) is 0 Å². The first-order valence-corrected chi connectivity index (χ1v) is 20.5. The molecule has 49 heavy (non-hydrogen) atoms. The molecule has 0 aliphatic rings. The van der Waals surface area contributed by atoms with Gasteiger partial charge in [0.1, 0.15) is 0 Å². The van der Waals surface area contributed by atoms with Crippen molar-refractivity contribution in [2.45, 2.75) is 189 Å². The minimum absolute atomic E-state index is 0.819. The van der Waals surface area contributed by atoms with E-state index in [2.05, 4.69) is 91.3 Å². The number of unbranched alkanes of at least 4 members (excludes halogenated alkanes) is 3. The summed E-state index contributed by atoms with van der Waals surface area (Å²) in [6, 6.07) is 17.8. The number of aromatic nitrogens is 2. The van der Waals surface area contributed by atoms with Gasteiger partial charge in [0.05, 0.1) is 5.52 Å². The molecular weight excluding hydrogens is 595 g/mol. The van der Waals surface area contributed by atoms with Crippen LogP contribution >= 0.6 is 0 Å². The molecule has 3 aromatic rings. The molecule has 0 atom stereocenters. The van der Waals surface area contributed by atoms with E-state index in [9.17, 15) is 0 Å². The molecule has 0 bridgehead atoms. The fourth-order valence-electron chi connectivity index (χ4n) is 3.17. The maximum atomic E-state index is 5.03. The van der Waals surface area contributed by atoms with Crippen molar-refractivity contribution in [2.75, 3.05) is 6.54 Å². The highest BCUT2D eigenvalue weighted by molar-refractivity contribution is 5.77. The molecule has 0 radical (unpaired) electrons. The van der Waals surface area contributed by atoms with Gasteiger partial charge in [-0.1, -0.05) is 213 Å². The lowest BCUT2D eigenvalue weighted by atomic mass is 10.1. The van der Waals surface area contributed by atoms with Gasteiger partial charge in [-0.25, -0.2) is 0 Å². The van der Waals surface area contributed by atoms with Gasteiger partial charge in [0, 0.05) is 24.0 Å². The fraction of sp³-hybridized carbons (Fsp3) is 0.696. The molecule has 0 aliphatic heterocycles. The van der Waals surface area contributed by atoms with Crippen LogP contribution in [-0.2, 0) is 0 Å². The maximum absolute atomic E-state index is 5.03. The summed E-state index contributed by atoms with van der Waals surface area (Å²) in [5.74, 6) is 2.71. The van der Waals surface area contributed by atoms with E-state index in [1.165, 1.54) is 63.2 Å². The molecule has 0 fully saturated rings. The van der Waals surface area contributed by atoms with Crippen LogP contribution in [0.25, 0.3) is 10.9 Å². The summed E-state index contributed by atoms with van der Waals surface area (Å²) in [5.41, 5.74) is 6.09. The molecule has 2 heterocycles. The first-order chi connectivity index (χ1) is 23.7. The lowest BCUT2D eigenvalue weighted by Gasteiger charge is -1.98. The van der Waals surface area contributed by atoms with Crippen LogP contribution in [0.1, 0.15) is 189 Å². The number of nitrogens with zero attached hydrogens (tertiary/aromatic N) is 2. The van der Waals surface area contributed by atoms with Gasteiger partial charge in [-0.3, -0.25) is 9.97 Å². The minimum Gasteiger partial charge on any atom is -0.330 e. The molecule has 0 saturated carbocycles. The molecule has 0 unspecified atom stereocenters. The Morgan fingerprint density at radius 1 is 0.469 bits per heavy atom. The van der Waals surface area contributed by atoms with Crippen molar-refractivity contribution >= 4 is 10.9 Å². The molecule has 0 spiro atoms. The standard InChI is InChI=1S/C9H7N.3C7H16.C5H5N.C3H9N.4C2H6/c1-2-6-9-8(4-1)5-3-7-10-9;3*1-4-5-6-7(2)3;1-2-4-6-5-3-1;1-2-3-4;4*1-2/h1-7H;3*7H,4-6H2,1-3H3;1-5H;2-4H2,1H3;4*1-2H3. The van der Waals surface area contributed by atoms with Gasteiger partial charge < -0.3 is 5.73 Å². The smallest absolute Gasteiger partial charge is 0.0701 e. The molecule has 2 aromatic heterocycles. The predicted molar refractivity (Wildman–Crippen MR) is 234 cm³/mol. The zero-order valence-electron chi connectivity index (χ0n) is 36.9. The summed E-state index contributed by atoms with van der Waals surface area (Å²) in [7, 11) is 0. The van der Waals surface area contributed by atoms with E-state index in [-0.39, 0.29) is 0 Å². The molecule has 0 saturated heterocycles. The summed E-state index contributed by atoms with van der Waals surface area (Å²) in [6.07, 6.45) is 18.8. The third-order valence-corrected chi connectivity index (χ3v) is 5.77. The van der Waals surface area contributed by atoms with Crippen molar-refractivity contribution in [1.82, 2.24) is 9.97 Å². The van der Waals surface area contributed by atoms with Crippen molar-refractivity contribution in [1.29, 1.82) is 0 Å². The van der Waals surface area contributed by atoms with Gasteiger partial charge in [0.25, 0.3) is 0 Å². The van der Waals surface area contributed by atoms with E-state index >= 15 is 0 Å². The zero-order valence-corrected chi connectivity index (χ0v) is 36.9. The molecule has 1 aromatic carbocycles. The fourth-order valence-corrected chi connectivity index (χ4v) is 3.17. The molecule has 0 amide bonds. The second kappa shape index (κ2) is 64.3. The Labute approximate surface area is 312 Å². The minimum atomic E-state index is 0.819. The Bertz CT molecular complexity index is 709. The first kappa shape index (κ1) is 61.9. The molecule has 0 aliphatic carbocycles. The van der Waals surface area contributed by atoms with Crippen molar-refractivity contribution in [3.8, 4) is 0 Å². The van der Waals surface area contributed by atoms with E-state index in [0.29, 0.717) is 0 Å². The molecule has 3 heteroatoms. The van der Waals surface area contributed by atoms with Gasteiger partial charge >= 0.3 is 0 Å². The first-order valence-electron chi connectivity index (χ1n) is 20.5. The Hall–Kier alpha value is -2.26. The largest absolute Gasteiger partial charge is 0.330 e. The average molecular weight is 688 g/mol. The second-order valence-electron chi connectivity index (χ2n) is 11.6. The SMILES string of the molecule is CC.CC.CC.CC.CCCCC(C)C.CCCCC(C)C.CCCCC(C)C.CCCN.c1ccc2ncccc2c1.c1ccncc1. The molecule has 2 N–H and O–H groups in total. The highest BCUT2D eigenvalue weighted by Crippen LogP contribution is 2.08. The van der Waals surface area contributed by atoms with Gasteiger partial charge in [-0.05, 0) is 55.0 Å². The number of fused-ring (bicyclic) bond motifs is 1. The van der Waals surface area contributed by atoms with Crippen molar-refractivity contribution in [3.63, 3.8) is 0 Å². The Morgan fingerprint density at radius 2 is 0.816 bits per heavy atom. The lowest BCUT2D eigenvalue weighted by Crippen LogP contribution is -1.93. The predicted octanol–water partition coefficient (Wildman–Crippen LogP) is 16.3. The van der Waals surface area contributed by atoms with Crippen LogP contribution < -0.4 is 5.73 Å². The number of hydrogen-bond donors (Lipinski definition) is 1. The quantitative estimate of drug-likeness (QED) is 0.231. The van der Waals surface area contributed by atoms with Crippen LogP contribution in [0.4, 0.5) is 0 Å². The number of benzene rings is 1. The van der Waals surface area contributed by atoms with E-state index in [1.807, 2.05) is 104 Å². The van der Waals surface area contributed by atoms with E-state index in [4.69, 9.17) is 5.73 Å². The van der Waals surface area contributed by atoms with Crippen LogP contribution in [0.15, 0.2) is 73.2 Å². The summed E-state index contributed by atoms with van der Waals surface area (Å²) in [4.78, 5) is 7.97. The van der Waals surface area contributed by atoms with Gasteiger partial charge in [0.2, 0.25) is 0 Å². The van der Waals surface area contributed by atoms with E-state index in [1.54, 1.807) is 12.4 Å². The van der Waals surface area contributed by atoms with Crippen molar-refractivity contribution in [3.05, 3.63) is 73.2 Å². The summed E-state index contributed by atoms with van der Waals surface area (Å²) >= 11 is 0. The summed E-state index contributed by atoms with van der Waals surface area (Å²) in [5, 5.41) is 1.20. The Balaban J connectivity index is -0.0000000842. The number of rotatable bonds is 10. The molecule has 3 nitrogen and oxygen atoms in total. The van der Waals surface area contributed by atoms with Crippen LogP contribution in [0.5, 0.6) is 0 Å². The van der Waals surface area contributed by atoms with Gasteiger partial charge in [0.15, 0.2) is 0 Å². The van der Waals surface area contributed by atoms with Crippen LogP contribution in [-0.4, -0.2) is 16.5 Å². The number of para-hydroxylation sites is 1. The van der Waals surface area contributed by atoms with Gasteiger partial charge in [-0.2, -0.15) is 0 Å². The summed E-state index contributed by atoms with van der Waals surface area (Å²) in [6.45, 7) is 39.2. The summed E-state index contributed by atoms with van der Waals surface area (Å²) < 4.78 is 0. The lowest BCUT2D eigenvalue weighted by molar-refractivity contribution is 0.550. The Kier molecular flexibility index (Phi) is 81.2. The number of hydrogen-bond acceptors (Lipinski definition) is 3. The third-order valence-electron chi connectivity index (χ3n) is 5.77. The normalized spacial score (nSPS) is 8.53. The van der Waals surface area contributed by atoms with E-state index in [0.717, 1.165) is 36.2 Å². The topological polar surface area (TPSA) is 51.8 Å². The van der Waals surface area contributed by atoms with Crippen LogP contribution in [0, 0.1) is 17.8 Å². The van der Waals surface area contributed by atoms with Crippen molar-refractivity contribution < 1.29 is 0 Å². The highest BCUT2D eigenvalue weighted by atomic mass is 14.6. The maximum Gasteiger partial charge on any atom is 0.0701 e. The number of nitrogens with two attached hydrogens (primary N) is 1. The average Bonchev–Trinajstić information content (AvgIpc) is 3.17. The Morgan fingerprint density at radius 3 is 1.04 bits per heavy atom.